The van der Waals surface area contributed by atoms with Crippen molar-refractivity contribution in [1.29, 1.82) is 0 Å². The first-order valence-electron chi connectivity index (χ1n) is 6.21. The zero-order valence-corrected chi connectivity index (χ0v) is 9.13. The van der Waals surface area contributed by atoms with Crippen LogP contribution in [0.4, 0.5) is 0 Å². The van der Waals surface area contributed by atoms with Gasteiger partial charge in [-0.25, -0.2) is 0 Å². The van der Waals surface area contributed by atoms with Gasteiger partial charge in [-0.1, -0.05) is 0 Å². The Labute approximate surface area is 90.6 Å². The molecule has 15 heavy (non-hydrogen) atoms. The fourth-order valence-corrected chi connectivity index (χ4v) is 3.39. The molecule has 0 bridgehead atoms. The van der Waals surface area contributed by atoms with E-state index in [9.17, 15) is 4.79 Å². The lowest BCUT2D eigenvalue weighted by molar-refractivity contribution is -0.153. The fraction of sp³-hybridized carbons (Fsp3) is 0.917. The first kappa shape index (κ1) is 9.64. The minimum Gasteiger partial charge on any atom is -0.375 e. The van der Waals surface area contributed by atoms with Crippen LogP contribution in [0.3, 0.4) is 0 Å². The molecule has 2 aliphatic heterocycles. The maximum atomic E-state index is 11.6. The summed E-state index contributed by atoms with van der Waals surface area (Å²) < 4.78 is 5.89. The number of nitrogens with one attached hydrogen (secondary N) is 1. The van der Waals surface area contributed by atoms with Crippen LogP contribution in [-0.4, -0.2) is 24.7 Å². The number of carbonyl (C=O) groups excluding carboxylic acids is 1. The van der Waals surface area contributed by atoms with E-state index in [1.807, 2.05) is 0 Å². The number of amides is 1. The van der Waals surface area contributed by atoms with Crippen molar-refractivity contribution >= 4 is 5.91 Å². The van der Waals surface area contributed by atoms with E-state index in [4.69, 9.17) is 4.74 Å². The van der Waals surface area contributed by atoms with Gasteiger partial charge in [0.15, 0.2) is 0 Å². The van der Waals surface area contributed by atoms with Gasteiger partial charge in [0.05, 0.1) is 5.60 Å². The van der Waals surface area contributed by atoms with Crippen LogP contribution in [0.15, 0.2) is 0 Å². The van der Waals surface area contributed by atoms with Crippen LogP contribution in [0, 0.1) is 11.8 Å². The van der Waals surface area contributed by atoms with Crippen molar-refractivity contribution in [2.75, 3.05) is 13.2 Å². The Hall–Kier alpha value is -0.570. The molecule has 2 heterocycles. The normalized spacial score (nSPS) is 38.8. The lowest BCUT2D eigenvalue weighted by Gasteiger charge is -2.48. The molecule has 1 N–H and O–H groups in total. The SMILES string of the molecule is O=C1NCCC1C1CCOC2(CCC2)C1. The average Bonchev–Trinajstić information content (AvgIpc) is 2.62. The Morgan fingerprint density at radius 1 is 1.33 bits per heavy atom. The first-order chi connectivity index (χ1) is 7.29. The van der Waals surface area contributed by atoms with Gasteiger partial charge in [-0.05, 0) is 44.4 Å². The van der Waals surface area contributed by atoms with Crippen molar-refractivity contribution in [2.24, 2.45) is 11.8 Å². The molecule has 0 aromatic heterocycles. The molecule has 1 spiro atoms. The minimum absolute atomic E-state index is 0.186. The standard InChI is InChI=1S/C12H19NO2/c14-11-10(2-6-13-11)9-3-7-15-12(8-9)4-1-5-12/h9-10H,1-8H2,(H,13,14). The summed E-state index contributed by atoms with van der Waals surface area (Å²) >= 11 is 0. The molecule has 0 radical (unpaired) electrons. The molecule has 2 atom stereocenters. The Morgan fingerprint density at radius 3 is 2.80 bits per heavy atom. The van der Waals surface area contributed by atoms with Gasteiger partial charge in [0.2, 0.25) is 5.91 Å². The highest BCUT2D eigenvalue weighted by molar-refractivity contribution is 5.80. The topological polar surface area (TPSA) is 38.3 Å². The highest BCUT2D eigenvalue weighted by Gasteiger charge is 2.46. The summed E-state index contributed by atoms with van der Waals surface area (Å²) in [4.78, 5) is 11.6. The van der Waals surface area contributed by atoms with Crippen molar-refractivity contribution in [2.45, 2.75) is 44.1 Å². The van der Waals surface area contributed by atoms with E-state index in [1.165, 1.54) is 19.3 Å². The summed E-state index contributed by atoms with van der Waals surface area (Å²) in [5.41, 5.74) is 0.186. The predicted octanol–water partition coefficient (Wildman–Crippen LogP) is 1.47. The van der Waals surface area contributed by atoms with Crippen LogP contribution in [0.1, 0.15) is 38.5 Å². The quantitative estimate of drug-likeness (QED) is 0.710. The van der Waals surface area contributed by atoms with Crippen LogP contribution in [0.2, 0.25) is 0 Å². The molecule has 3 rings (SSSR count). The van der Waals surface area contributed by atoms with E-state index in [0.717, 1.165) is 32.4 Å². The Bertz CT molecular complexity index is 273. The van der Waals surface area contributed by atoms with Gasteiger partial charge >= 0.3 is 0 Å². The van der Waals surface area contributed by atoms with Gasteiger partial charge in [0, 0.05) is 19.1 Å². The molecule has 0 aromatic carbocycles. The lowest BCUT2D eigenvalue weighted by Crippen LogP contribution is -2.47. The maximum absolute atomic E-state index is 11.6. The molecule has 1 saturated carbocycles. The van der Waals surface area contributed by atoms with Gasteiger partial charge in [-0.3, -0.25) is 4.79 Å². The van der Waals surface area contributed by atoms with Crippen molar-refractivity contribution < 1.29 is 9.53 Å². The highest BCUT2D eigenvalue weighted by atomic mass is 16.5. The van der Waals surface area contributed by atoms with Crippen molar-refractivity contribution in [3.05, 3.63) is 0 Å². The second kappa shape index (κ2) is 3.48. The summed E-state index contributed by atoms with van der Waals surface area (Å²) in [7, 11) is 0. The maximum Gasteiger partial charge on any atom is 0.223 e. The van der Waals surface area contributed by atoms with E-state index in [0.29, 0.717) is 5.92 Å². The van der Waals surface area contributed by atoms with Crippen LogP contribution in [-0.2, 0) is 9.53 Å². The number of rotatable bonds is 1. The summed E-state index contributed by atoms with van der Waals surface area (Å²) in [5, 5.41) is 2.95. The summed E-state index contributed by atoms with van der Waals surface area (Å²) in [6.45, 7) is 1.75. The molecule has 3 aliphatic rings. The molecule has 2 saturated heterocycles. The first-order valence-corrected chi connectivity index (χ1v) is 6.21. The number of carbonyl (C=O) groups is 1. The van der Waals surface area contributed by atoms with Gasteiger partial charge < -0.3 is 10.1 Å². The van der Waals surface area contributed by atoms with Crippen molar-refractivity contribution in [1.82, 2.24) is 5.32 Å². The second-order valence-electron chi connectivity index (χ2n) is 5.32. The number of ether oxygens (including phenoxy) is 1. The molecule has 3 heteroatoms. The van der Waals surface area contributed by atoms with Crippen LogP contribution in [0.25, 0.3) is 0 Å². The Morgan fingerprint density at radius 2 is 2.20 bits per heavy atom. The van der Waals surface area contributed by atoms with Crippen LogP contribution < -0.4 is 5.32 Å². The molecule has 3 fully saturated rings. The van der Waals surface area contributed by atoms with E-state index < -0.39 is 0 Å². The smallest absolute Gasteiger partial charge is 0.223 e. The molecular weight excluding hydrogens is 190 g/mol. The van der Waals surface area contributed by atoms with E-state index >= 15 is 0 Å². The van der Waals surface area contributed by atoms with Crippen LogP contribution >= 0.6 is 0 Å². The lowest BCUT2D eigenvalue weighted by atomic mass is 9.69. The zero-order valence-electron chi connectivity index (χ0n) is 9.13. The molecule has 1 amide bonds. The van der Waals surface area contributed by atoms with Crippen molar-refractivity contribution in [3.8, 4) is 0 Å². The molecular formula is C12H19NO2. The third-order valence-corrected chi connectivity index (χ3v) is 4.46. The second-order valence-corrected chi connectivity index (χ2v) is 5.32. The molecule has 1 aliphatic carbocycles. The average molecular weight is 209 g/mol. The predicted molar refractivity (Wildman–Crippen MR) is 56.4 cm³/mol. The van der Waals surface area contributed by atoms with E-state index in [2.05, 4.69) is 5.32 Å². The number of hydrogen-bond acceptors (Lipinski definition) is 2. The van der Waals surface area contributed by atoms with Gasteiger partial charge in [-0.15, -0.1) is 0 Å². The Kier molecular flexibility index (Phi) is 2.23. The molecule has 84 valence electrons. The van der Waals surface area contributed by atoms with E-state index in [-0.39, 0.29) is 17.4 Å². The fourth-order valence-electron chi connectivity index (χ4n) is 3.39. The third-order valence-electron chi connectivity index (χ3n) is 4.46. The summed E-state index contributed by atoms with van der Waals surface area (Å²) in [5.74, 6) is 1.16. The van der Waals surface area contributed by atoms with Crippen LogP contribution in [0.5, 0.6) is 0 Å². The largest absolute Gasteiger partial charge is 0.375 e. The van der Waals surface area contributed by atoms with E-state index in [1.54, 1.807) is 0 Å². The van der Waals surface area contributed by atoms with Crippen molar-refractivity contribution in [3.63, 3.8) is 0 Å². The molecule has 0 aromatic rings. The monoisotopic (exact) mass is 209 g/mol. The highest BCUT2D eigenvalue weighted by Crippen LogP contribution is 2.46. The third kappa shape index (κ3) is 1.57. The Balaban J connectivity index is 1.68. The van der Waals surface area contributed by atoms with Gasteiger partial charge in [-0.2, -0.15) is 0 Å². The number of hydrogen-bond donors (Lipinski definition) is 1. The van der Waals surface area contributed by atoms with Gasteiger partial charge in [0.25, 0.3) is 0 Å². The summed E-state index contributed by atoms with van der Waals surface area (Å²) in [6.07, 6.45) is 7.00. The zero-order chi connectivity index (χ0) is 10.3. The molecule has 2 unspecified atom stereocenters. The van der Waals surface area contributed by atoms with Gasteiger partial charge in [0.1, 0.15) is 0 Å². The molecule has 3 nitrogen and oxygen atoms in total. The minimum atomic E-state index is 0.186. The summed E-state index contributed by atoms with van der Waals surface area (Å²) in [6, 6.07) is 0.